The van der Waals surface area contributed by atoms with Gasteiger partial charge in [0.2, 0.25) is 5.88 Å². The van der Waals surface area contributed by atoms with Crippen molar-refractivity contribution < 1.29 is 14.3 Å². The van der Waals surface area contributed by atoms with Gasteiger partial charge in [0.05, 0.1) is 10.9 Å². The molecule has 0 aliphatic heterocycles. The Bertz CT molecular complexity index is 969. The normalized spacial score (nSPS) is 11.2. The Balaban J connectivity index is 1.68. The van der Waals surface area contributed by atoms with Crippen molar-refractivity contribution in [2.45, 2.75) is 39.4 Å². The number of carbonyl (C=O) groups is 1. The third-order valence-corrected chi connectivity index (χ3v) is 3.93. The number of hydrogen-bond donors (Lipinski definition) is 1. The van der Waals surface area contributed by atoms with Crippen molar-refractivity contribution in [3.63, 3.8) is 0 Å². The summed E-state index contributed by atoms with van der Waals surface area (Å²) in [6.07, 6.45) is 2.07. The van der Waals surface area contributed by atoms with Gasteiger partial charge < -0.3 is 9.47 Å². The number of nitrogens with one attached hydrogen (secondary N) is 1. The number of nitrogens with zero attached hydrogens (tertiary/aromatic N) is 2. The lowest BCUT2D eigenvalue weighted by Crippen LogP contribution is -2.26. The number of aromatic nitrogens is 2. The van der Waals surface area contributed by atoms with Gasteiger partial charge in [-0.3, -0.25) is 0 Å². The van der Waals surface area contributed by atoms with Crippen LogP contribution in [0.25, 0.3) is 10.9 Å². The summed E-state index contributed by atoms with van der Waals surface area (Å²) in [6, 6.07) is 15.4. The number of hydrogen-bond acceptors (Lipinski definition) is 4. The van der Waals surface area contributed by atoms with Crippen LogP contribution < -0.4 is 10.2 Å². The average molecular weight is 379 g/mol. The van der Waals surface area contributed by atoms with Gasteiger partial charge in [0.15, 0.2) is 0 Å². The number of allylic oxidation sites excluding steroid dienone is 1. The molecule has 146 valence electrons. The summed E-state index contributed by atoms with van der Waals surface area (Å²) in [7, 11) is 0. The van der Waals surface area contributed by atoms with Crippen LogP contribution in [0.2, 0.25) is 0 Å². The molecule has 1 heterocycles. The highest BCUT2D eigenvalue weighted by Crippen LogP contribution is 2.27. The maximum atomic E-state index is 12.2. The molecule has 0 spiro atoms. The Labute approximate surface area is 164 Å². The predicted molar refractivity (Wildman–Crippen MR) is 110 cm³/mol. The van der Waals surface area contributed by atoms with Crippen LogP contribution in [0.4, 0.5) is 4.79 Å². The monoisotopic (exact) mass is 379 g/mol. The number of ether oxygens (including phenoxy) is 2. The summed E-state index contributed by atoms with van der Waals surface area (Å²) in [6.45, 7) is 9.74. The minimum Gasteiger partial charge on any atom is -0.470 e. The van der Waals surface area contributed by atoms with Crippen LogP contribution in [0.3, 0.4) is 0 Å². The molecule has 1 amide bonds. The van der Waals surface area contributed by atoms with Gasteiger partial charge in [0, 0.05) is 0 Å². The maximum absolute atomic E-state index is 12.2. The van der Waals surface area contributed by atoms with Crippen molar-refractivity contribution in [1.82, 2.24) is 9.89 Å². The molecular weight excluding hydrogens is 354 g/mol. The summed E-state index contributed by atoms with van der Waals surface area (Å²) < 4.78 is 11.2. The Morgan fingerprint density at radius 3 is 2.50 bits per heavy atom. The third kappa shape index (κ3) is 4.91. The standard InChI is InChI=1S/C22H25N3O3/c1-5-8-16-11-13-17(14-12-16)15-27-21(26)24-25-19-10-7-6-9-18(19)20(23-25)28-22(2,3)4/h5-7,9-14H,1,8,15H2,2-4H3,(H,24,26). The molecule has 0 atom stereocenters. The van der Waals surface area contributed by atoms with E-state index in [1.165, 1.54) is 4.79 Å². The number of para-hydroxylation sites is 1. The summed E-state index contributed by atoms with van der Waals surface area (Å²) in [5.41, 5.74) is 5.04. The molecular formula is C22H25N3O3. The first-order valence-electron chi connectivity index (χ1n) is 9.15. The Morgan fingerprint density at radius 1 is 1.14 bits per heavy atom. The average Bonchev–Trinajstić information content (AvgIpc) is 2.97. The van der Waals surface area contributed by atoms with Crippen molar-refractivity contribution in [1.29, 1.82) is 0 Å². The fraction of sp³-hybridized carbons (Fsp3) is 0.273. The summed E-state index contributed by atoms with van der Waals surface area (Å²) in [5, 5.41) is 5.19. The van der Waals surface area contributed by atoms with E-state index in [9.17, 15) is 4.79 Å². The molecule has 1 N–H and O–H groups in total. The summed E-state index contributed by atoms with van der Waals surface area (Å²) in [5.74, 6) is 0.459. The minimum atomic E-state index is -0.592. The van der Waals surface area contributed by atoms with Crippen LogP contribution in [0.5, 0.6) is 5.88 Å². The second kappa shape index (κ2) is 8.17. The van der Waals surface area contributed by atoms with Crippen molar-refractivity contribution >= 4 is 17.0 Å². The molecule has 6 nitrogen and oxygen atoms in total. The lowest BCUT2D eigenvalue weighted by Gasteiger charge is -2.19. The van der Waals surface area contributed by atoms with Gasteiger partial charge in [-0.25, -0.2) is 10.2 Å². The van der Waals surface area contributed by atoms with E-state index in [0.29, 0.717) is 5.88 Å². The first-order valence-corrected chi connectivity index (χ1v) is 9.15. The fourth-order valence-corrected chi connectivity index (χ4v) is 2.69. The van der Waals surface area contributed by atoms with Crippen molar-refractivity contribution in [3.05, 3.63) is 72.3 Å². The number of fused-ring (bicyclic) bond motifs is 1. The maximum Gasteiger partial charge on any atom is 0.428 e. The van der Waals surface area contributed by atoms with Crippen LogP contribution in [0, 0.1) is 0 Å². The molecule has 0 aliphatic rings. The van der Waals surface area contributed by atoms with Gasteiger partial charge in [-0.2, -0.15) is 4.79 Å². The van der Waals surface area contributed by atoms with E-state index >= 15 is 0 Å². The quantitative estimate of drug-likeness (QED) is 0.624. The van der Waals surface area contributed by atoms with Crippen molar-refractivity contribution in [2.75, 3.05) is 5.43 Å². The van der Waals surface area contributed by atoms with E-state index in [2.05, 4.69) is 17.1 Å². The van der Waals surface area contributed by atoms with Gasteiger partial charge in [-0.1, -0.05) is 42.5 Å². The molecule has 3 aromatic rings. The number of amides is 1. The van der Waals surface area contributed by atoms with Gasteiger partial charge >= 0.3 is 6.09 Å². The van der Waals surface area contributed by atoms with Gasteiger partial charge in [-0.15, -0.1) is 11.7 Å². The van der Waals surface area contributed by atoms with Crippen LogP contribution in [-0.2, 0) is 17.8 Å². The lowest BCUT2D eigenvalue weighted by molar-refractivity contribution is 0.125. The minimum absolute atomic E-state index is 0.171. The van der Waals surface area contributed by atoms with E-state index in [4.69, 9.17) is 9.47 Å². The summed E-state index contributed by atoms with van der Waals surface area (Å²) in [4.78, 5) is 13.6. The van der Waals surface area contributed by atoms with E-state index in [-0.39, 0.29) is 6.61 Å². The van der Waals surface area contributed by atoms with Crippen LogP contribution in [-0.4, -0.2) is 21.6 Å². The smallest absolute Gasteiger partial charge is 0.428 e. The molecule has 6 heteroatoms. The zero-order valence-corrected chi connectivity index (χ0v) is 16.4. The highest BCUT2D eigenvalue weighted by molar-refractivity contribution is 5.87. The topological polar surface area (TPSA) is 65.4 Å². The largest absolute Gasteiger partial charge is 0.470 e. The molecule has 1 aromatic heterocycles. The molecule has 0 bridgehead atoms. The molecule has 0 aliphatic carbocycles. The zero-order chi connectivity index (χ0) is 20.1. The van der Waals surface area contributed by atoms with Gasteiger partial charge in [0.25, 0.3) is 0 Å². The zero-order valence-electron chi connectivity index (χ0n) is 16.4. The van der Waals surface area contributed by atoms with Crippen LogP contribution >= 0.6 is 0 Å². The van der Waals surface area contributed by atoms with E-state index in [1.54, 1.807) is 0 Å². The first kappa shape index (κ1) is 19.5. The Morgan fingerprint density at radius 2 is 1.82 bits per heavy atom. The predicted octanol–water partition coefficient (Wildman–Crippen LogP) is 4.82. The fourth-order valence-electron chi connectivity index (χ4n) is 2.69. The molecule has 3 rings (SSSR count). The van der Waals surface area contributed by atoms with Gasteiger partial charge in [0.1, 0.15) is 12.2 Å². The number of benzene rings is 2. The second-order valence-electron chi connectivity index (χ2n) is 7.45. The molecule has 2 aromatic carbocycles. The van der Waals surface area contributed by atoms with E-state index in [0.717, 1.165) is 28.5 Å². The van der Waals surface area contributed by atoms with Gasteiger partial charge in [-0.05, 0) is 50.5 Å². The van der Waals surface area contributed by atoms with E-state index < -0.39 is 11.7 Å². The Kier molecular flexibility index (Phi) is 5.68. The molecule has 0 unspecified atom stereocenters. The van der Waals surface area contributed by atoms with Crippen molar-refractivity contribution in [2.24, 2.45) is 0 Å². The Hall–Kier alpha value is -3.28. The molecule has 0 saturated carbocycles. The highest BCUT2D eigenvalue weighted by atomic mass is 16.6. The first-order chi connectivity index (χ1) is 13.4. The van der Waals surface area contributed by atoms with Crippen molar-refractivity contribution in [3.8, 4) is 5.88 Å². The molecule has 28 heavy (non-hydrogen) atoms. The number of carbonyl (C=O) groups excluding carboxylic acids is 1. The third-order valence-electron chi connectivity index (χ3n) is 3.93. The highest BCUT2D eigenvalue weighted by Gasteiger charge is 2.19. The van der Waals surface area contributed by atoms with Crippen LogP contribution in [0.1, 0.15) is 31.9 Å². The molecule has 0 radical (unpaired) electrons. The SMILES string of the molecule is C=CCc1ccc(COC(=O)Nn2nc(OC(C)(C)C)c3ccccc32)cc1. The summed E-state index contributed by atoms with van der Waals surface area (Å²) >= 11 is 0. The lowest BCUT2D eigenvalue weighted by atomic mass is 10.1. The molecule has 0 saturated heterocycles. The molecule has 0 fully saturated rings. The van der Waals surface area contributed by atoms with E-state index in [1.807, 2.05) is 75.4 Å². The number of rotatable bonds is 6. The second-order valence-corrected chi connectivity index (χ2v) is 7.45. The van der Waals surface area contributed by atoms with Crippen LogP contribution in [0.15, 0.2) is 61.2 Å².